The van der Waals surface area contributed by atoms with E-state index in [4.69, 9.17) is 4.52 Å². The molecule has 150 valence electrons. The maximum absolute atomic E-state index is 13.6. The van der Waals surface area contributed by atoms with Gasteiger partial charge in [0.1, 0.15) is 17.1 Å². The molecule has 0 N–H and O–H groups in total. The topological polar surface area (TPSA) is 49.6 Å². The lowest BCUT2D eigenvalue weighted by molar-refractivity contribution is 0.0735. The van der Waals surface area contributed by atoms with Gasteiger partial charge in [0.25, 0.3) is 5.91 Å². The smallest absolute Gasteiger partial charge is 0.259 e. The zero-order valence-corrected chi connectivity index (χ0v) is 16.7. The van der Waals surface area contributed by atoms with Crippen molar-refractivity contribution in [1.29, 1.82) is 0 Å². The molecule has 1 atom stereocenters. The third-order valence-electron chi connectivity index (χ3n) is 6.46. The lowest BCUT2D eigenvalue weighted by atomic mass is 9.87. The molecule has 1 amide bonds. The molecular formula is C22H28FN3O2. The SMILES string of the molecule is Cc1noc(C)c1C(=O)N1CCC[C@@]2(CCCN2Cc2cccc(F)c2)CC1. The standard InChI is InChI=1S/C22H28FN3O2/c1-16-20(17(2)28-24-16)21(27)25-11-4-8-22(10-13-25)9-5-12-26(22)15-18-6-3-7-19(23)14-18/h3,6-7,14H,4-5,8-13,15H2,1-2H3/t22-/m1/s1. The van der Waals surface area contributed by atoms with Gasteiger partial charge < -0.3 is 9.42 Å². The first-order chi connectivity index (χ1) is 13.5. The monoisotopic (exact) mass is 385 g/mol. The Kier molecular flexibility index (Phi) is 5.23. The van der Waals surface area contributed by atoms with Crippen molar-refractivity contribution < 1.29 is 13.7 Å². The molecule has 2 aliphatic rings. The Labute approximate surface area is 165 Å². The van der Waals surface area contributed by atoms with E-state index >= 15 is 0 Å². The van der Waals surface area contributed by atoms with Crippen molar-refractivity contribution in [3.05, 3.63) is 52.7 Å². The maximum atomic E-state index is 13.6. The number of carbonyl (C=O) groups excluding carboxylic acids is 1. The van der Waals surface area contributed by atoms with E-state index in [9.17, 15) is 9.18 Å². The number of aryl methyl sites for hydroxylation is 2. The number of amides is 1. The van der Waals surface area contributed by atoms with E-state index in [2.05, 4.69) is 10.1 Å². The Morgan fingerprint density at radius 1 is 1.18 bits per heavy atom. The molecule has 2 saturated heterocycles. The van der Waals surface area contributed by atoms with Crippen LogP contribution in [0.15, 0.2) is 28.8 Å². The number of rotatable bonds is 3. The Balaban J connectivity index is 1.48. The normalized spacial score (nSPS) is 23.3. The number of halogens is 1. The van der Waals surface area contributed by atoms with Gasteiger partial charge >= 0.3 is 0 Å². The van der Waals surface area contributed by atoms with Gasteiger partial charge in [-0.25, -0.2) is 4.39 Å². The van der Waals surface area contributed by atoms with Crippen LogP contribution >= 0.6 is 0 Å². The first-order valence-corrected chi connectivity index (χ1v) is 10.2. The molecule has 6 heteroatoms. The fraction of sp³-hybridized carbons (Fsp3) is 0.545. The van der Waals surface area contributed by atoms with Crippen molar-refractivity contribution in [2.75, 3.05) is 19.6 Å². The minimum absolute atomic E-state index is 0.0305. The molecule has 0 bridgehead atoms. The quantitative estimate of drug-likeness (QED) is 0.798. The second kappa shape index (κ2) is 7.66. The van der Waals surface area contributed by atoms with Crippen LogP contribution in [-0.2, 0) is 6.54 Å². The number of hydrogen-bond acceptors (Lipinski definition) is 4. The van der Waals surface area contributed by atoms with Crippen LogP contribution in [0.5, 0.6) is 0 Å². The van der Waals surface area contributed by atoms with Crippen molar-refractivity contribution in [3.8, 4) is 0 Å². The van der Waals surface area contributed by atoms with Gasteiger partial charge in [0, 0.05) is 25.2 Å². The summed E-state index contributed by atoms with van der Waals surface area (Å²) in [5.41, 5.74) is 2.41. The summed E-state index contributed by atoms with van der Waals surface area (Å²) >= 11 is 0. The van der Waals surface area contributed by atoms with Gasteiger partial charge in [0.05, 0.1) is 5.69 Å². The van der Waals surface area contributed by atoms with Crippen LogP contribution in [0.1, 0.15) is 59.5 Å². The second-order valence-corrected chi connectivity index (χ2v) is 8.22. The molecule has 0 radical (unpaired) electrons. The Morgan fingerprint density at radius 2 is 1.96 bits per heavy atom. The first kappa shape index (κ1) is 19.1. The molecule has 28 heavy (non-hydrogen) atoms. The molecule has 3 heterocycles. The number of aromatic nitrogens is 1. The molecule has 1 aromatic heterocycles. The Morgan fingerprint density at radius 3 is 2.68 bits per heavy atom. The van der Waals surface area contributed by atoms with Crippen molar-refractivity contribution in [1.82, 2.24) is 15.0 Å². The molecule has 0 unspecified atom stereocenters. The average molecular weight is 385 g/mol. The van der Waals surface area contributed by atoms with Gasteiger partial charge in [0.15, 0.2) is 0 Å². The summed E-state index contributed by atoms with van der Waals surface area (Å²) in [5.74, 6) is 0.445. The fourth-order valence-electron chi connectivity index (χ4n) is 4.99. The Hall–Kier alpha value is -2.21. The van der Waals surface area contributed by atoms with Gasteiger partial charge in [-0.15, -0.1) is 0 Å². The largest absolute Gasteiger partial charge is 0.361 e. The summed E-state index contributed by atoms with van der Waals surface area (Å²) in [6.45, 7) is 6.93. The van der Waals surface area contributed by atoms with Gasteiger partial charge in [-0.2, -0.15) is 0 Å². The highest BCUT2D eigenvalue weighted by molar-refractivity contribution is 5.96. The Bertz CT molecular complexity index is 846. The zero-order chi connectivity index (χ0) is 19.7. The van der Waals surface area contributed by atoms with E-state index in [1.807, 2.05) is 17.9 Å². The molecule has 1 spiro atoms. The van der Waals surface area contributed by atoms with Crippen molar-refractivity contribution in [3.63, 3.8) is 0 Å². The number of carbonyl (C=O) groups is 1. The maximum Gasteiger partial charge on any atom is 0.259 e. The van der Waals surface area contributed by atoms with Crippen LogP contribution in [0.2, 0.25) is 0 Å². The highest BCUT2D eigenvalue weighted by atomic mass is 19.1. The molecule has 1 aromatic carbocycles. The zero-order valence-electron chi connectivity index (χ0n) is 16.7. The van der Waals surface area contributed by atoms with Gasteiger partial charge in [-0.1, -0.05) is 17.3 Å². The number of nitrogens with zero attached hydrogens (tertiary/aromatic N) is 3. The van der Waals surface area contributed by atoms with Crippen LogP contribution < -0.4 is 0 Å². The number of likely N-dealkylation sites (tertiary alicyclic amines) is 2. The van der Waals surface area contributed by atoms with Crippen molar-refractivity contribution >= 4 is 5.91 Å². The van der Waals surface area contributed by atoms with Crippen LogP contribution in [-0.4, -0.2) is 46.0 Å². The summed E-state index contributed by atoms with van der Waals surface area (Å²) in [5, 5.41) is 3.93. The first-order valence-electron chi connectivity index (χ1n) is 10.2. The minimum Gasteiger partial charge on any atom is -0.361 e. The van der Waals surface area contributed by atoms with Crippen LogP contribution in [0.4, 0.5) is 4.39 Å². The number of hydrogen-bond donors (Lipinski definition) is 0. The van der Waals surface area contributed by atoms with Gasteiger partial charge in [0.2, 0.25) is 0 Å². The number of benzene rings is 1. The third kappa shape index (κ3) is 3.58. The van der Waals surface area contributed by atoms with E-state index < -0.39 is 0 Å². The lowest BCUT2D eigenvalue weighted by Gasteiger charge is -2.38. The molecule has 0 aliphatic carbocycles. The fourth-order valence-corrected chi connectivity index (χ4v) is 4.99. The molecule has 2 fully saturated rings. The van der Waals surface area contributed by atoms with Crippen LogP contribution in [0, 0.1) is 19.7 Å². The highest BCUT2D eigenvalue weighted by Gasteiger charge is 2.42. The lowest BCUT2D eigenvalue weighted by Crippen LogP contribution is -2.44. The summed E-state index contributed by atoms with van der Waals surface area (Å²) in [4.78, 5) is 17.5. The summed E-state index contributed by atoms with van der Waals surface area (Å²) < 4.78 is 18.8. The summed E-state index contributed by atoms with van der Waals surface area (Å²) in [6.07, 6.45) is 5.32. The molecular weight excluding hydrogens is 357 g/mol. The summed E-state index contributed by atoms with van der Waals surface area (Å²) in [6, 6.07) is 6.91. The van der Waals surface area contributed by atoms with Gasteiger partial charge in [-0.3, -0.25) is 9.69 Å². The predicted molar refractivity (Wildman–Crippen MR) is 105 cm³/mol. The van der Waals surface area contributed by atoms with E-state index in [0.29, 0.717) is 17.0 Å². The van der Waals surface area contributed by atoms with Crippen molar-refractivity contribution in [2.24, 2.45) is 0 Å². The molecule has 4 rings (SSSR count). The highest BCUT2D eigenvalue weighted by Crippen LogP contribution is 2.39. The molecule has 5 nitrogen and oxygen atoms in total. The minimum atomic E-state index is -0.178. The second-order valence-electron chi connectivity index (χ2n) is 8.22. The molecule has 2 aromatic rings. The molecule has 0 saturated carbocycles. The third-order valence-corrected chi connectivity index (χ3v) is 6.46. The van der Waals surface area contributed by atoms with Crippen LogP contribution in [0.25, 0.3) is 0 Å². The van der Waals surface area contributed by atoms with Crippen LogP contribution in [0.3, 0.4) is 0 Å². The van der Waals surface area contributed by atoms with E-state index in [0.717, 1.165) is 63.8 Å². The summed E-state index contributed by atoms with van der Waals surface area (Å²) in [7, 11) is 0. The average Bonchev–Trinajstić information content (AvgIpc) is 3.11. The van der Waals surface area contributed by atoms with E-state index in [1.54, 1.807) is 19.1 Å². The molecule has 2 aliphatic heterocycles. The van der Waals surface area contributed by atoms with E-state index in [1.165, 1.54) is 6.07 Å². The predicted octanol–water partition coefficient (Wildman–Crippen LogP) is 4.09. The van der Waals surface area contributed by atoms with E-state index in [-0.39, 0.29) is 17.3 Å². The van der Waals surface area contributed by atoms with Crippen molar-refractivity contribution in [2.45, 2.75) is 58.0 Å². The van der Waals surface area contributed by atoms with Gasteiger partial charge in [-0.05, 0) is 70.2 Å².